The number of hydrazine groups is 1. The summed E-state index contributed by atoms with van der Waals surface area (Å²) in [6, 6.07) is 12.5. The van der Waals surface area contributed by atoms with Gasteiger partial charge in [0.2, 0.25) is 11.8 Å². The van der Waals surface area contributed by atoms with Crippen molar-refractivity contribution in [1.29, 1.82) is 0 Å². The molecular formula is C23H29N3O4. The van der Waals surface area contributed by atoms with E-state index in [1.807, 2.05) is 45.9 Å². The topological polar surface area (TPSA) is 96.5 Å². The molecule has 0 aliphatic heterocycles. The summed E-state index contributed by atoms with van der Waals surface area (Å²) in [6.07, 6.45) is 0.850. The fourth-order valence-electron chi connectivity index (χ4n) is 2.60. The molecule has 0 aromatic heterocycles. The lowest BCUT2D eigenvalue weighted by Gasteiger charge is -2.13. The van der Waals surface area contributed by atoms with E-state index in [2.05, 4.69) is 16.2 Å². The van der Waals surface area contributed by atoms with Crippen LogP contribution in [0.2, 0.25) is 0 Å². The van der Waals surface area contributed by atoms with E-state index in [9.17, 15) is 14.4 Å². The lowest BCUT2D eigenvalue weighted by molar-refractivity contribution is -0.124. The first-order valence-corrected chi connectivity index (χ1v) is 10.0. The van der Waals surface area contributed by atoms with Crippen molar-refractivity contribution in [1.82, 2.24) is 10.9 Å². The largest absolute Gasteiger partial charge is 0.491 e. The van der Waals surface area contributed by atoms with Crippen molar-refractivity contribution < 1.29 is 19.1 Å². The number of carbonyl (C=O) groups excluding carboxylic acids is 3. The molecule has 1 atom stereocenters. The Morgan fingerprint density at radius 1 is 0.967 bits per heavy atom. The Bertz CT molecular complexity index is 911. The van der Waals surface area contributed by atoms with Gasteiger partial charge >= 0.3 is 0 Å². The number of hydrogen-bond acceptors (Lipinski definition) is 4. The summed E-state index contributed by atoms with van der Waals surface area (Å²) < 4.78 is 5.70. The predicted molar refractivity (Wildman–Crippen MR) is 116 cm³/mol. The molecule has 0 saturated heterocycles. The second-order valence-corrected chi connectivity index (χ2v) is 7.23. The van der Waals surface area contributed by atoms with Gasteiger partial charge in [0.25, 0.3) is 5.91 Å². The van der Waals surface area contributed by atoms with Crippen molar-refractivity contribution in [3.05, 3.63) is 59.2 Å². The van der Waals surface area contributed by atoms with Crippen LogP contribution in [0, 0.1) is 13.8 Å². The molecule has 0 aliphatic carbocycles. The summed E-state index contributed by atoms with van der Waals surface area (Å²) in [6.45, 7) is 7.81. The summed E-state index contributed by atoms with van der Waals surface area (Å²) >= 11 is 0. The van der Waals surface area contributed by atoms with Crippen molar-refractivity contribution in [3.63, 3.8) is 0 Å². The van der Waals surface area contributed by atoms with Crippen LogP contribution in [0.5, 0.6) is 5.75 Å². The van der Waals surface area contributed by atoms with Crippen LogP contribution in [0.1, 0.15) is 54.6 Å². The van der Waals surface area contributed by atoms with Crippen LogP contribution in [-0.2, 0) is 9.59 Å². The Hall–Kier alpha value is -3.35. The first kappa shape index (κ1) is 22.9. The smallest absolute Gasteiger partial charge is 0.269 e. The first-order valence-electron chi connectivity index (χ1n) is 10.0. The third kappa shape index (κ3) is 7.24. The lowest BCUT2D eigenvalue weighted by atomic mass is 10.1. The molecule has 0 saturated carbocycles. The zero-order chi connectivity index (χ0) is 22.1. The highest BCUT2D eigenvalue weighted by molar-refractivity contribution is 5.97. The number of nitrogens with one attached hydrogen (secondary N) is 3. The number of anilines is 1. The van der Waals surface area contributed by atoms with Crippen LogP contribution in [0.15, 0.2) is 42.5 Å². The average molecular weight is 412 g/mol. The van der Waals surface area contributed by atoms with Crippen molar-refractivity contribution >= 4 is 23.4 Å². The molecule has 3 N–H and O–H groups in total. The highest BCUT2D eigenvalue weighted by atomic mass is 16.5. The van der Waals surface area contributed by atoms with Gasteiger partial charge in [-0.2, -0.15) is 0 Å². The maximum Gasteiger partial charge on any atom is 0.269 e. The Morgan fingerprint density at radius 2 is 1.70 bits per heavy atom. The van der Waals surface area contributed by atoms with Crippen molar-refractivity contribution in [3.8, 4) is 5.75 Å². The average Bonchev–Trinajstić information content (AvgIpc) is 2.73. The van der Waals surface area contributed by atoms with E-state index in [4.69, 9.17) is 4.74 Å². The summed E-state index contributed by atoms with van der Waals surface area (Å²) in [4.78, 5) is 36.3. The van der Waals surface area contributed by atoms with Gasteiger partial charge in [-0.25, -0.2) is 0 Å². The monoisotopic (exact) mass is 411 g/mol. The Morgan fingerprint density at radius 3 is 2.43 bits per heavy atom. The second-order valence-electron chi connectivity index (χ2n) is 7.23. The number of benzene rings is 2. The minimum absolute atomic E-state index is 0.00726. The Balaban J connectivity index is 1.79. The van der Waals surface area contributed by atoms with Gasteiger partial charge in [0.1, 0.15) is 5.75 Å². The van der Waals surface area contributed by atoms with E-state index in [-0.39, 0.29) is 24.9 Å². The Kier molecular flexibility index (Phi) is 8.41. The van der Waals surface area contributed by atoms with E-state index in [1.54, 1.807) is 24.3 Å². The van der Waals surface area contributed by atoms with Gasteiger partial charge in [-0.15, -0.1) is 0 Å². The zero-order valence-electron chi connectivity index (χ0n) is 17.9. The van der Waals surface area contributed by atoms with Crippen LogP contribution in [-0.4, -0.2) is 23.8 Å². The Labute approximate surface area is 177 Å². The third-order valence-corrected chi connectivity index (χ3v) is 4.57. The standard InChI is InChI=1S/C23H29N3O4/c1-5-17(4)30-19-8-6-7-18(14-19)23(29)26-25-22(28)12-11-21(27)24-20-13-15(2)9-10-16(20)3/h6-10,13-14,17H,5,11-12H2,1-4H3,(H,24,27)(H,25,28)(H,26,29). The molecule has 0 heterocycles. The predicted octanol–water partition coefficient (Wildman–Crippen LogP) is 3.66. The molecule has 0 bridgehead atoms. The zero-order valence-corrected chi connectivity index (χ0v) is 17.9. The maximum atomic E-state index is 12.2. The van der Waals surface area contributed by atoms with E-state index in [1.165, 1.54) is 0 Å². The van der Waals surface area contributed by atoms with Gasteiger partial charge in [-0.1, -0.05) is 25.1 Å². The number of aryl methyl sites for hydroxylation is 2. The number of ether oxygens (including phenoxy) is 1. The van der Waals surface area contributed by atoms with Gasteiger partial charge in [-0.3, -0.25) is 25.2 Å². The van der Waals surface area contributed by atoms with E-state index >= 15 is 0 Å². The van der Waals surface area contributed by atoms with E-state index in [0.717, 1.165) is 23.2 Å². The molecule has 160 valence electrons. The highest BCUT2D eigenvalue weighted by Gasteiger charge is 2.12. The molecule has 0 radical (unpaired) electrons. The minimum Gasteiger partial charge on any atom is -0.491 e. The quantitative estimate of drug-likeness (QED) is 0.578. The lowest BCUT2D eigenvalue weighted by Crippen LogP contribution is -2.41. The third-order valence-electron chi connectivity index (χ3n) is 4.57. The van der Waals surface area contributed by atoms with E-state index < -0.39 is 11.8 Å². The second kappa shape index (κ2) is 11.0. The van der Waals surface area contributed by atoms with Crippen LogP contribution in [0.3, 0.4) is 0 Å². The van der Waals surface area contributed by atoms with Crippen LogP contribution in [0.25, 0.3) is 0 Å². The van der Waals surface area contributed by atoms with Crippen LogP contribution in [0.4, 0.5) is 5.69 Å². The number of rotatable bonds is 8. The highest BCUT2D eigenvalue weighted by Crippen LogP contribution is 2.17. The molecule has 7 heteroatoms. The molecule has 0 aliphatic rings. The number of hydrogen-bond donors (Lipinski definition) is 3. The summed E-state index contributed by atoms with van der Waals surface area (Å²) in [7, 11) is 0. The van der Waals surface area contributed by atoms with Gasteiger partial charge in [0.05, 0.1) is 6.10 Å². The van der Waals surface area contributed by atoms with Gasteiger partial charge in [0.15, 0.2) is 0 Å². The first-order chi connectivity index (χ1) is 14.3. The van der Waals surface area contributed by atoms with Crippen molar-refractivity contribution in [2.24, 2.45) is 0 Å². The van der Waals surface area contributed by atoms with Crippen molar-refractivity contribution in [2.75, 3.05) is 5.32 Å². The molecule has 1 unspecified atom stereocenters. The van der Waals surface area contributed by atoms with Gasteiger partial charge in [-0.05, 0) is 62.6 Å². The van der Waals surface area contributed by atoms with Gasteiger partial charge in [0, 0.05) is 24.1 Å². The maximum absolute atomic E-state index is 12.2. The van der Waals surface area contributed by atoms with Gasteiger partial charge < -0.3 is 10.1 Å². The number of amides is 3. The minimum atomic E-state index is -0.460. The number of carbonyl (C=O) groups is 3. The van der Waals surface area contributed by atoms with E-state index in [0.29, 0.717) is 11.3 Å². The summed E-state index contributed by atoms with van der Waals surface area (Å²) in [5.74, 6) is -0.587. The molecule has 2 rings (SSSR count). The van der Waals surface area contributed by atoms with Crippen molar-refractivity contribution in [2.45, 2.75) is 53.1 Å². The molecule has 2 aromatic rings. The SMILES string of the molecule is CCC(C)Oc1cccc(C(=O)NNC(=O)CCC(=O)Nc2cc(C)ccc2C)c1. The molecular weight excluding hydrogens is 382 g/mol. The molecule has 0 fully saturated rings. The molecule has 2 aromatic carbocycles. The fraction of sp³-hybridized carbons (Fsp3) is 0.348. The molecule has 7 nitrogen and oxygen atoms in total. The fourth-order valence-corrected chi connectivity index (χ4v) is 2.60. The summed E-state index contributed by atoms with van der Waals surface area (Å²) in [5.41, 5.74) is 7.77. The molecule has 0 spiro atoms. The normalized spacial score (nSPS) is 11.3. The summed E-state index contributed by atoms with van der Waals surface area (Å²) in [5, 5.41) is 2.80. The van der Waals surface area contributed by atoms with Crippen LogP contribution >= 0.6 is 0 Å². The molecule has 30 heavy (non-hydrogen) atoms. The van der Waals surface area contributed by atoms with Crippen LogP contribution < -0.4 is 20.9 Å². The molecule has 3 amide bonds.